The molecule has 0 saturated carbocycles. The zero-order valence-electron chi connectivity index (χ0n) is 12.2. The molecule has 2 N–H and O–H groups in total. The van der Waals surface area contributed by atoms with Gasteiger partial charge in [0.1, 0.15) is 5.75 Å². The lowest BCUT2D eigenvalue weighted by Crippen LogP contribution is -2.26. The van der Waals surface area contributed by atoms with Crippen molar-refractivity contribution in [2.24, 2.45) is 5.73 Å². The maximum absolute atomic E-state index is 6.18. The number of nitrogens with zero attached hydrogens (tertiary/aromatic N) is 2. The predicted octanol–water partition coefficient (Wildman–Crippen LogP) is 2.55. The molecule has 0 aliphatic heterocycles. The summed E-state index contributed by atoms with van der Waals surface area (Å²) in [6.45, 7) is 5.64. The minimum Gasteiger partial charge on any atom is -0.494 e. The minimum atomic E-state index is 0.0973. The van der Waals surface area contributed by atoms with Gasteiger partial charge in [-0.3, -0.25) is 4.68 Å². The molecule has 2 rings (SSSR count). The van der Waals surface area contributed by atoms with Gasteiger partial charge in [-0.2, -0.15) is 5.10 Å². The smallest absolute Gasteiger partial charge is 0.119 e. The molecule has 0 radical (unpaired) electrons. The van der Waals surface area contributed by atoms with Crippen LogP contribution in [-0.2, 0) is 13.0 Å². The summed E-state index contributed by atoms with van der Waals surface area (Å²) in [4.78, 5) is 0. The Balaban J connectivity index is 1.79. The fourth-order valence-electron chi connectivity index (χ4n) is 2.25. The molecular formula is C16H23N3O. The van der Waals surface area contributed by atoms with Crippen LogP contribution in [0.3, 0.4) is 0 Å². The summed E-state index contributed by atoms with van der Waals surface area (Å²) >= 11 is 0. The van der Waals surface area contributed by atoms with Crippen LogP contribution < -0.4 is 10.5 Å². The van der Waals surface area contributed by atoms with Gasteiger partial charge in [0.2, 0.25) is 0 Å². The normalized spacial score (nSPS) is 12.3. The Morgan fingerprint density at radius 3 is 2.75 bits per heavy atom. The second-order valence-corrected chi connectivity index (χ2v) is 5.01. The van der Waals surface area contributed by atoms with Crippen LogP contribution in [0.1, 0.15) is 24.7 Å². The SMILES string of the molecule is CCn1nc(C)cc1CC(N)CCOc1ccccc1. The molecule has 1 aromatic carbocycles. The lowest BCUT2D eigenvalue weighted by molar-refractivity contribution is 0.296. The first-order valence-electron chi connectivity index (χ1n) is 7.15. The van der Waals surface area contributed by atoms with Crippen LogP contribution in [0.25, 0.3) is 0 Å². The number of para-hydroxylation sites is 1. The van der Waals surface area contributed by atoms with Gasteiger partial charge in [-0.15, -0.1) is 0 Å². The summed E-state index contributed by atoms with van der Waals surface area (Å²) in [5, 5.41) is 4.44. The van der Waals surface area contributed by atoms with E-state index in [0.29, 0.717) is 6.61 Å². The Bertz CT molecular complexity index is 522. The van der Waals surface area contributed by atoms with Crippen molar-refractivity contribution >= 4 is 0 Å². The Labute approximate surface area is 120 Å². The summed E-state index contributed by atoms with van der Waals surface area (Å²) in [7, 11) is 0. The highest BCUT2D eigenvalue weighted by Crippen LogP contribution is 2.11. The van der Waals surface area contributed by atoms with Gasteiger partial charge in [0.05, 0.1) is 12.3 Å². The predicted molar refractivity (Wildman–Crippen MR) is 80.9 cm³/mol. The van der Waals surface area contributed by atoms with E-state index in [1.54, 1.807) is 0 Å². The van der Waals surface area contributed by atoms with E-state index < -0.39 is 0 Å². The lowest BCUT2D eigenvalue weighted by Gasteiger charge is -2.13. The van der Waals surface area contributed by atoms with Crippen LogP contribution in [0.5, 0.6) is 5.75 Å². The number of hydrogen-bond donors (Lipinski definition) is 1. The molecule has 1 aromatic heterocycles. The third-order valence-electron chi connectivity index (χ3n) is 3.26. The molecule has 1 unspecified atom stereocenters. The zero-order chi connectivity index (χ0) is 14.4. The largest absolute Gasteiger partial charge is 0.494 e. The first kappa shape index (κ1) is 14.6. The van der Waals surface area contributed by atoms with Gasteiger partial charge in [0.25, 0.3) is 0 Å². The van der Waals surface area contributed by atoms with Crippen LogP contribution in [0.2, 0.25) is 0 Å². The van der Waals surface area contributed by atoms with Crippen molar-refractivity contribution in [1.29, 1.82) is 0 Å². The van der Waals surface area contributed by atoms with Gasteiger partial charge in [0, 0.05) is 24.7 Å². The molecule has 1 atom stereocenters. The van der Waals surface area contributed by atoms with Gasteiger partial charge in [-0.05, 0) is 38.5 Å². The third kappa shape index (κ3) is 4.10. The molecule has 4 nitrogen and oxygen atoms in total. The van der Waals surface area contributed by atoms with Crippen molar-refractivity contribution < 1.29 is 4.74 Å². The molecular weight excluding hydrogens is 250 g/mol. The summed E-state index contributed by atoms with van der Waals surface area (Å²) in [5.74, 6) is 0.897. The monoisotopic (exact) mass is 273 g/mol. The van der Waals surface area contributed by atoms with E-state index in [-0.39, 0.29) is 6.04 Å². The summed E-state index contributed by atoms with van der Waals surface area (Å²) in [6.07, 6.45) is 1.68. The molecule has 4 heteroatoms. The Kier molecular flexibility index (Phi) is 5.18. The molecule has 20 heavy (non-hydrogen) atoms. The van der Waals surface area contributed by atoms with Crippen molar-refractivity contribution in [1.82, 2.24) is 9.78 Å². The fraction of sp³-hybridized carbons (Fsp3) is 0.438. The van der Waals surface area contributed by atoms with Crippen LogP contribution in [0.15, 0.2) is 36.4 Å². The van der Waals surface area contributed by atoms with Crippen molar-refractivity contribution in [3.05, 3.63) is 47.8 Å². The third-order valence-corrected chi connectivity index (χ3v) is 3.26. The highest BCUT2D eigenvalue weighted by atomic mass is 16.5. The van der Waals surface area contributed by atoms with Crippen LogP contribution >= 0.6 is 0 Å². The Hall–Kier alpha value is -1.81. The van der Waals surface area contributed by atoms with Gasteiger partial charge in [-0.25, -0.2) is 0 Å². The summed E-state index contributed by atoms with van der Waals surface area (Å²) in [5.41, 5.74) is 8.44. The van der Waals surface area contributed by atoms with Crippen LogP contribution in [0.4, 0.5) is 0 Å². The fourth-order valence-corrected chi connectivity index (χ4v) is 2.25. The molecule has 0 saturated heterocycles. The van der Waals surface area contributed by atoms with E-state index in [1.165, 1.54) is 5.69 Å². The first-order valence-corrected chi connectivity index (χ1v) is 7.15. The summed E-state index contributed by atoms with van der Waals surface area (Å²) in [6, 6.07) is 12.0. The van der Waals surface area contributed by atoms with E-state index in [9.17, 15) is 0 Å². The number of ether oxygens (including phenoxy) is 1. The topological polar surface area (TPSA) is 53.1 Å². The molecule has 0 fully saturated rings. The molecule has 0 bridgehead atoms. The van der Waals surface area contributed by atoms with Gasteiger partial charge >= 0.3 is 0 Å². The van der Waals surface area contributed by atoms with Crippen molar-refractivity contribution in [3.63, 3.8) is 0 Å². The number of rotatable bonds is 7. The molecule has 1 heterocycles. The average molecular weight is 273 g/mol. The van der Waals surface area contributed by atoms with Crippen molar-refractivity contribution in [3.8, 4) is 5.75 Å². The Morgan fingerprint density at radius 2 is 2.05 bits per heavy atom. The van der Waals surface area contributed by atoms with Gasteiger partial charge in [-0.1, -0.05) is 18.2 Å². The number of benzene rings is 1. The maximum atomic E-state index is 6.18. The standard InChI is InChI=1S/C16H23N3O/c1-3-19-15(11-13(2)18-19)12-14(17)9-10-20-16-7-5-4-6-8-16/h4-8,11,14H,3,9-10,12,17H2,1-2H3. The highest BCUT2D eigenvalue weighted by molar-refractivity contribution is 5.20. The first-order chi connectivity index (χ1) is 9.69. The number of nitrogens with two attached hydrogens (primary N) is 1. The van der Waals surface area contributed by atoms with Crippen molar-refractivity contribution in [2.45, 2.75) is 39.3 Å². The molecule has 0 amide bonds. The molecule has 0 spiro atoms. The van der Waals surface area contributed by atoms with E-state index in [0.717, 1.165) is 30.8 Å². The maximum Gasteiger partial charge on any atom is 0.119 e. The number of aryl methyl sites for hydroxylation is 2. The highest BCUT2D eigenvalue weighted by Gasteiger charge is 2.10. The molecule has 2 aromatic rings. The number of aromatic nitrogens is 2. The second-order valence-electron chi connectivity index (χ2n) is 5.01. The summed E-state index contributed by atoms with van der Waals surface area (Å²) < 4.78 is 7.69. The lowest BCUT2D eigenvalue weighted by atomic mass is 10.1. The van der Waals surface area contributed by atoms with Gasteiger partial charge < -0.3 is 10.5 Å². The second kappa shape index (κ2) is 7.10. The molecule has 0 aliphatic carbocycles. The zero-order valence-corrected chi connectivity index (χ0v) is 12.2. The Morgan fingerprint density at radius 1 is 1.30 bits per heavy atom. The van der Waals surface area contributed by atoms with Crippen LogP contribution in [-0.4, -0.2) is 22.4 Å². The van der Waals surface area contributed by atoms with E-state index in [4.69, 9.17) is 10.5 Å². The average Bonchev–Trinajstić information content (AvgIpc) is 2.80. The van der Waals surface area contributed by atoms with Gasteiger partial charge in [0.15, 0.2) is 0 Å². The van der Waals surface area contributed by atoms with E-state index in [2.05, 4.69) is 18.1 Å². The van der Waals surface area contributed by atoms with Crippen LogP contribution in [0, 0.1) is 6.92 Å². The van der Waals surface area contributed by atoms with Crippen molar-refractivity contribution in [2.75, 3.05) is 6.61 Å². The van der Waals surface area contributed by atoms with E-state index >= 15 is 0 Å². The minimum absolute atomic E-state index is 0.0973. The molecule has 108 valence electrons. The number of hydrogen-bond acceptors (Lipinski definition) is 3. The quantitative estimate of drug-likeness (QED) is 0.843. The molecule has 0 aliphatic rings. The van der Waals surface area contributed by atoms with E-state index in [1.807, 2.05) is 41.9 Å².